The van der Waals surface area contributed by atoms with Crippen LogP contribution >= 0.6 is 7.60 Å². The van der Waals surface area contributed by atoms with Crippen LogP contribution in [0, 0.1) is 5.92 Å². The third-order valence-corrected chi connectivity index (χ3v) is 3.51. The highest BCUT2D eigenvalue weighted by Crippen LogP contribution is 2.45. The highest BCUT2D eigenvalue weighted by molar-refractivity contribution is 7.51. The van der Waals surface area contributed by atoms with E-state index in [9.17, 15) is 4.57 Å². The Labute approximate surface area is 82.9 Å². The summed E-state index contributed by atoms with van der Waals surface area (Å²) in [4.78, 5) is 20.4. The van der Waals surface area contributed by atoms with Crippen LogP contribution in [-0.2, 0) is 4.57 Å². The fraction of sp³-hybridized carbons (Fsp3) is 1.00. The van der Waals surface area contributed by atoms with Gasteiger partial charge in [0, 0.05) is 11.0 Å². The molecule has 0 amide bonds. The van der Waals surface area contributed by atoms with Gasteiger partial charge in [0.25, 0.3) is 0 Å². The van der Waals surface area contributed by atoms with Gasteiger partial charge in [-0.2, -0.15) is 0 Å². The molecule has 0 aromatic carbocycles. The van der Waals surface area contributed by atoms with Crippen molar-refractivity contribution in [2.24, 2.45) is 11.0 Å². The maximum absolute atomic E-state index is 10.8. The Morgan fingerprint density at radius 1 is 1.57 bits per heavy atom. The lowest BCUT2D eigenvalue weighted by atomic mass is 9.85. The minimum absolute atomic E-state index is 0.165. The first kappa shape index (κ1) is 11.6. The average molecular weight is 217 g/mol. The first-order valence-electron chi connectivity index (χ1n) is 4.51. The molecule has 1 fully saturated rings. The quantitative estimate of drug-likeness (QED) is 0.238. The van der Waals surface area contributed by atoms with E-state index in [0.717, 1.165) is 12.8 Å². The van der Waals surface area contributed by atoms with Gasteiger partial charge in [0.1, 0.15) is 7.85 Å². The van der Waals surface area contributed by atoms with Crippen LogP contribution in [0.1, 0.15) is 12.8 Å². The van der Waals surface area contributed by atoms with Gasteiger partial charge in [-0.3, -0.25) is 4.57 Å². The predicted molar refractivity (Wildman–Crippen MR) is 54.9 cm³/mol. The zero-order valence-corrected chi connectivity index (χ0v) is 8.84. The van der Waals surface area contributed by atoms with Crippen molar-refractivity contribution < 1.29 is 14.4 Å². The number of azide groups is 1. The van der Waals surface area contributed by atoms with E-state index in [1.165, 1.54) is 0 Å². The highest BCUT2D eigenvalue weighted by Gasteiger charge is 2.35. The van der Waals surface area contributed by atoms with E-state index >= 15 is 0 Å². The lowest BCUT2D eigenvalue weighted by Crippen LogP contribution is -2.15. The van der Waals surface area contributed by atoms with E-state index in [0.29, 0.717) is 5.82 Å². The fourth-order valence-corrected chi connectivity index (χ4v) is 3.09. The summed E-state index contributed by atoms with van der Waals surface area (Å²) in [6.45, 7) is 0. The van der Waals surface area contributed by atoms with Crippen LogP contribution in [0.2, 0.25) is 5.82 Å². The molecular formula is C6H13BN3O3P. The van der Waals surface area contributed by atoms with Crippen LogP contribution in [0.4, 0.5) is 0 Å². The summed E-state index contributed by atoms with van der Waals surface area (Å²) in [6.07, 6.45) is 1.30. The Kier molecular flexibility index (Phi) is 3.62. The minimum Gasteiger partial charge on any atom is -0.324 e. The van der Waals surface area contributed by atoms with E-state index in [2.05, 4.69) is 10.0 Å². The molecular weight excluding hydrogens is 204 g/mol. The van der Waals surface area contributed by atoms with Gasteiger partial charge in [0.05, 0.1) is 6.16 Å². The van der Waals surface area contributed by atoms with Crippen LogP contribution in [0.3, 0.4) is 0 Å². The summed E-state index contributed by atoms with van der Waals surface area (Å²) in [6, 6.07) is -0.248. The maximum Gasteiger partial charge on any atom is 0.325 e. The van der Waals surface area contributed by atoms with Gasteiger partial charge >= 0.3 is 7.60 Å². The Morgan fingerprint density at radius 2 is 2.21 bits per heavy atom. The van der Waals surface area contributed by atoms with E-state index < -0.39 is 7.60 Å². The number of hydrogen-bond acceptors (Lipinski definition) is 2. The molecule has 1 aliphatic carbocycles. The van der Waals surface area contributed by atoms with Crippen molar-refractivity contribution in [1.82, 2.24) is 0 Å². The van der Waals surface area contributed by atoms with Crippen molar-refractivity contribution in [3.63, 3.8) is 0 Å². The van der Waals surface area contributed by atoms with E-state index in [1.54, 1.807) is 0 Å². The summed E-state index contributed by atoms with van der Waals surface area (Å²) in [5.74, 6) is 0.212. The second-order valence-electron chi connectivity index (χ2n) is 3.96. The summed E-state index contributed by atoms with van der Waals surface area (Å²) in [5, 5.41) is 3.58. The molecule has 3 unspecified atom stereocenters. The summed E-state index contributed by atoms with van der Waals surface area (Å²) < 4.78 is 10.8. The van der Waals surface area contributed by atoms with Crippen LogP contribution in [0.25, 0.3) is 10.4 Å². The molecule has 14 heavy (non-hydrogen) atoms. The van der Waals surface area contributed by atoms with Crippen molar-refractivity contribution in [2.45, 2.75) is 24.7 Å². The Morgan fingerprint density at radius 3 is 2.71 bits per heavy atom. The Balaban J connectivity index is 2.67. The van der Waals surface area contributed by atoms with Crippen molar-refractivity contribution in [3.05, 3.63) is 10.4 Å². The molecule has 0 bridgehead atoms. The van der Waals surface area contributed by atoms with Crippen molar-refractivity contribution >= 4 is 15.4 Å². The second kappa shape index (κ2) is 4.36. The molecule has 0 aromatic heterocycles. The normalized spacial score (nSPS) is 32.6. The lowest BCUT2D eigenvalue weighted by Gasteiger charge is -2.15. The van der Waals surface area contributed by atoms with Gasteiger partial charge in [-0.1, -0.05) is 17.4 Å². The Hall–Kier alpha value is -0.475. The molecule has 1 saturated carbocycles. The van der Waals surface area contributed by atoms with E-state index in [-0.39, 0.29) is 18.1 Å². The summed E-state index contributed by atoms with van der Waals surface area (Å²) >= 11 is 0. The predicted octanol–water partition coefficient (Wildman–Crippen LogP) is 0.675. The average Bonchev–Trinajstić information content (AvgIpc) is 2.28. The molecule has 0 aliphatic heterocycles. The highest BCUT2D eigenvalue weighted by atomic mass is 31.2. The molecule has 2 N–H and O–H groups in total. The first-order valence-corrected chi connectivity index (χ1v) is 6.31. The van der Waals surface area contributed by atoms with Gasteiger partial charge < -0.3 is 9.79 Å². The van der Waals surface area contributed by atoms with Gasteiger partial charge in [-0.25, -0.2) is 0 Å². The smallest absolute Gasteiger partial charge is 0.324 e. The van der Waals surface area contributed by atoms with Crippen LogP contribution in [0.5, 0.6) is 0 Å². The van der Waals surface area contributed by atoms with Crippen LogP contribution in [0.15, 0.2) is 5.11 Å². The third-order valence-electron chi connectivity index (χ3n) is 2.57. The summed E-state index contributed by atoms with van der Waals surface area (Å²) in [7, 11) is -1.99. The molecule has 6 nitrogen and oxygen atoms in total. The van der Waals surface area contributed by atoms with Crippen LogP contribution in [-0.4, -0.2) is 29.8 Å². The van der Waals surface area contributed by atoms with E-state index in [4.69, 9.17) is 15.3 Å². The molecule has 0 spiro atoms. The molecule has 1 rings (SSSR count). The zero-order chi connectivity index (χ0) is 10.8. The first-order chi connectivity index (χ1) is 6.42. The summed E-state index contributed by atoms with van der Waals surface area (Å²) in [5.41, 5.74) is 8.29. The SMILES string of the molecule is BC1CC(CP(=O)(O)O)C(N=[N+]=[N-])C1. The molecule has 3 atom stereocenters. The van der Waals surface area contributed by atoms with Gasteiger partial charge in [0.2, 0.25) is 0 Å². The molecule has 0 aromatic rings. The van der Waals surface area contributed by atoms with Gasteiger partial charge in [0.15, 0.2) is 0 Å². The molecule has 8 heteroatoms. The minimum atomic E-state index is -3.99. The largest absolute Gasteiger partial charge is 0.325 e. The Bertz CT molecular complexity index is 301. The van der Waals surface area contributed by atoms with Gasteiger partial charge in [-0.15, -0.1) is 0 Å². The topological polar surface area (TPSA) is 106 Å². The fourth-order valence-electron chi connectivity index (χ4n) is 2.08. The number of nitrogens with zero attached hydrogens (tertiary/aromatic N) is 3. The van der Waals surface area contributed by atoms with E-state index in [1.807, 2.05) is 7.85 Å². The standard InChI is InChI=1S/C6H13BN3O3P/c7-5-1-4(3-14(11,12)13)6(2-5)9-10-8/h4-6H,1-3,7H2,(H2,11,12,13). The van der Waals surface area contributed by atoms with Crippen molar-refractivity contribution in [2.75, 3.05) is 6.16 Å². The van der Waals surface area contributed by atoms with Crippen LogP contribution < -0.4 is 0 Å². The van der Waals surface area contributed by atoms with Crippen molar-refractivity contribution in [1.29, 1.82) is 0 Å². The molecule has 0 radical (unpaired) electrons. The van der Waals surface area contributed by atoms with Gasteiger partial charge in [-0.05, 0) is 17.9 Å². The monoisotopic (exact) mass is 217 g/mol. The molecule has 0 heterocycles. The molecule has 78 valence electrons. The number of rotatable bonds is 3. The molecule has 1 aliphatic rings. The lowest BCUT2D eigenvalue weighted by molar-refractivity contribution is 0.357. The van der Waals surface area contributed by atoms with Crippen molar-refractivity contribution in [3.8, 4) is 0 Å². The zero-order valence-electron chi connectivity index (χ0n) is 7.94. The third kappa shape index (κ3) is 3.35. The number of hydrogen-bond donors (Lipinski definition) is 2. The molecule has 0 saturated heterocycles. The maximum atomic E-state index is 10.8. The second-order valence-corrected chi connectivity index (χ2v) is 5.65.